The molecule has 0 fully saturated rings. The molecule has 0 saturated heterocycles. The Kier molecular flexibility index (Phi) is 6.25. The highest BCUT2D eigenvalue weighted by Gasteiger charge is 2.10. The van der Waals surface area contributed by atoms with Crippen LogP contribution in [0.3, 0.4) is 0 Å². The highest BCUT2D eigenvalue weighted by atomic mass is 16.7. The van der Waals surface area contributed by atoms with E-state index in [1.54, 1.807) is 24.4 Å². The van der Waals surface area contributed by atoms with Gasteiger partial charge in [-0.05, 0) is 60.2 Å². The maximum atomic E-state index is 11.3. The van der Waals surface area contributed by atoms with E-state index in [-0.39, 0.29) is 5.75 Å². The first-order valence-electron chi connectivity index (χ1n) is 8.49. The minimum Gasteiger partial charge on any atom is -0.493 e. The van der Waals surface area contributed by atoms with Crippen LogP contribution in [0.2, 0.25) is 0 Å². The van der Waals surface area contributed by atoms with E-state index in [4.69, 9.17) is 14.2 Å². The van der Waals surface area contributed by atoms with Crippen molar-refractivity contribution < 1.29 is 23.7 Å². The Balaban J connectivity index is 1.68. The summed E-state index contributed by atoms with van der Waals surface area (Å²) < 4.78 is 20.5. The molecule has 142 valence electrons. The lowest BCUT2D eigenvalue weighted by Gasteiger charge is -2.08. The van der Waals surface area contributed by atoms with E-state index in [9.17, 15) is 4.79 Å². The number of nitrogens with zero attached hydrogens (tertiary/aromatic N) is 1. The van der Waals surface area contributed by atoms with Crippen LogP contribution in [0.5, 0.6) is 23.0 Å². The molecule has 0 aliphatic heterocycles. The molecule has 0 spiro atoms. The molecule has 3 aromatic rings. The molecule has 0 bridgehead atoms. The van der Waals surface area contributed by atoms with Crippen LogP contribution in [0.4, 0.5) is 10.5 Å². The Labute approximate surface area is 163 Å². The Bertz CT molecular complexity index is 952. The summed E-state index contributed by atoms with van der Waals surface area (Å²) in [5.41, 5.74) is 1.56. The summed E-state index contributed by atoms with van der Waals surface area (Å²) in [5.74, 6) is 2.19. The van der Waals surface area contributed by atoms with Crippen LogP contribution < -0.4 is 14.2 Å². The van der Waals surface area contributed by atoms with Crippen LogP contribution in [0.25, 0.3) is 0 Å². The smallest absolute Gasteiger partial charge is 0.493 e. The average Bonchev–Trinajstić information content (AvgIpc) is 2.74. The molecule has 0 aliphatic rings. The number of hydrogen-bond acceptors (Lipinski definition) is 6. The second kappa shape index (κ2) is 9.23. The summed E-state index contributed by atoms with van der Waals surface area (Å²) in [6.07, 6.45) is 0.884. The highest BCUT2D eigenvalue weighted by molar-refractivity contribution is 5.83. The van der Waals surface area contributed by atoms with E-state index in [0.717, 1.165) is 22.7 Å². The maximum Gasteiger partial charge on any atom is 0.513 e. The predicted octanol–water partition coefficient (Wildman–Crippen LogP) is 5.38. The van der Waals surface area contributed by atoms with Gasteiger partial charge in [0.15, 0.2) is 11.5 Å². The first-order valence-corrected chi connectivity index (χ1v) is 8.49. The zero-order valence-corrected chi connectivity index (χ0v) is 15.5. The minimum absolute atomic E-state index is 0.272. The van der Waals surface area contributed by atoms with E-state index in [2.05, 4.69) is 9.73 Å². The van der Waals surface area contributed by atoms with Gasteiger partial charge in [0, 0.05) is 6.21 Å². The van der Waals surface area contributed by atoms with Crippen molar-refractivity contribution in [3.63, 3.8) is 0 Å². The van der Waals surface area contributed by atoms with Gasteiger partial charge in [0.25, 0.3) is 0 Å². The molecule has 0 unspecified atom stereocenters. The number of benzene rings is 3. The van der Waals surface area contributed by atoms with Crippen molar-refractivity contribution in [2.24, 2.45) is 4.99 Å². The van der Waals surface area contributed by atoms with Crippen molar-refractivity contribution in [3.05, 3.63) is 78.4 Å². The number of ether oxygens (including phenoxy) is 4. The Morgan fingerprint density at radius 2 is 1.57 bits per heavy atom. The van der Waals surface area contributed by atoms with Gasteiger partial charge in [-0.15, -0.1) is 0 Å². The fourth-order valence-electron chi connectivity index (χ4n) is 2.35. The maximum absolute atomic E-state index is 11.3. The lowest BCUT2D eigenvalue weighted by Crippen LogP contribution is -2.08. The molecule has 0 amide bonds. The molecule has 6 heteroatoms. The lowest BCUT2D eigenvalue weighted by molar-refractivity contribution is 0.120. The van der Waals surface area contributed by atoms with Crippen molar-refractivity contribution >= 4 is 18.1 Å². The lowest BCUT2D eigenvalue weighted by atomic mass is 10.2. The Morgan fingerprint density at radius 1 is 0.857 bits per heavy atom. The summed E-state index contributed by atoms with van der Waals surface area (Å²) in [6, 6.07) is 22.1. The van der Waals surface area contributed by atoms with Crippen LogP contribution in [0.1, 0.15) is 5.56 Å². The van der Waals surface area contributed by atoms with Gasteiger partial charge in [0.2, 0.25) is 0 Å². The van der Waals surface area contributed by atoms with Gasteiger partial charge in [-0.1, -0.05) is 18.2 Å². The second-order valence-electron chi connectivity index (χ2n) is 5.63. The van der Waals surface area contributed by atoms with Crippen LogP contribution >= 0.6 is 0 Å². The molecular formula is C22H19NO5. The van der Waals surface area contributed by atoms with E-state index >= 15 is 0 Å². The zero-order valence-electron chi connectivity index (χ0n) is 15.5. The first-order chi connectivity index (χ1) is 13.7. The van der Waals surface area contributed by atoms with Crippen molar-refractivity contribution in [3.8, 4) is 23.0 Å². The highest BCUT2D eigenvalue weighted by Crippen LogP contribution is 2.28. The monoisotopic (exact) mass is 377 g/mol. The molecule has 0 saturated carbocycles. The molecule has 3 aromatic carbocycles. The molecule has 0 heterocycles. The summed E-state index contributed by atoms with van der Waals surface area (Å²) in [5, 5.41) is 0. The third-order valence-electron chi connectivity index (χ3n) is 3.73. The van der Waals surface area contributed by atoms with Crippen molar-refractivity contribution in [1.29, 1.82) is 0 Å². The number of para-hydroxylation sites is 1. The number of carbonyl (C=O) groups excluding carboxylic acids is 1. The van der Waals surface area contributed by atoms with Gasteiger partial charge in [0.05, 0.1) is 19.9 Å². The summed E-state index contributed by atoms with van der Waals surface area (Å²) in [6.45, 7) is 0. The van der Waals surface area contributed by atoms with Gasteiger partial charge in [0.1, 0.15) is 11.5 Å². The average molecular weight is 377 g/mol. The van der Waals surface area contributed by atoms with Crippen molar-refractivity contribution in [2.45, 2.75) is 0 Å². The minimum atomic E-state index is -0.808. The van der Waals surface area contributed by atoms with Gasteiger partial charge < -0.3 is 18.9 Å². The van der Waals surface area contributed by atoms with Crippen LogP contribution in [0, 0.1) is 0 Å². The Morgan fingerprint density at radius 3 is 2.25 bits per heavy atom. The number of aliphatic imine (C=N–C) groups is 1. The van der Waals surface area contributed by atoms with E-state index in [1.807, 2.05) is 54.6 Å². The Hall–Kier alpha value is -3.80. The van der Waals surface area contributed by atoms with Crippen molar-refractivity contribution in [1.82, 2.24) is 0 Å². The molecular weight excluding hydrogens is 358 g/mol. The predicted molar refractivity (Wildman–Crippen MR) is 106 cm³/mol. The summed E-state index contributed by atoms with van der Waals surface area (Å²) in [4.78, 5) is 15.7. The molecule has 3 rings (SSSR count). The van der Waals surface area contributed by atoms with Crippen LogP contribution in [-0.2, 0) is 4.74 Å². The van der Waals surface area contributed by atoms with Gasteiger partial charge >= 0.3 is 6.16 Å². The number of hydrogen-bond donors (Lipinski definition) is 0. The summed E-state index contributed by atoms with van der Waals surface area (Å²) in [7, 11) is 2.73. The third kappa shape index (κ3) is 5.11. The largest absolute Gasteiger partial charge is 0.513 e. The second-order valence-corrected chi connectivity index (χ2v) is 5.63. The van der Waals surface area contributed by atoms with E-state index in [0.29, 0.717) is 5.75 Å². The van der Waals surface area contributed by atoms with Crippen LogP contribution in [-0.4, -0.2) is 26.6 Å². The molecule has 28 heavy (non-hydrogen) atoms. The van der Waals surface area contributed by atoms with Gasteiger partial charge in [-0.3, -0.25) is 4.99 Å². The van der Waals surface area contributed by atoms with E-state index < -0.39 is 6.16 Å². The quantitative estimate of drug-likeness (QED) is 0.328. The molecule has 6 nitrogen and oxygen atoms in total. The molecule has 0 N–H and O–H groups in total. The van der Waals surface area contributed by atoms with Crippen molar-refractivity contribution in [2.75, 3.05) is 14.2 Å². The molecule has 0 atom stereocenters. The number of carbonyl (C=O) groups is 1. The number of methoxy groups -OCH3 is 2. The SMILES string of the molecule is COC(=O)Oc1ccc(C=Nc2ccc(Oc3ccccc3)cc2)cc1OC. The molecule has 0 radical (unpaired) electrons. The third-order valence-corrected chi connectivity index (χ3v) is 3.73. The van der Waals surface area contributed by atoms with E-state index in [1.165, 1.54) is 14.2 Å². The molecule has 0 aliphatic carbocycles. The fraction of sp³-hybridized carbons (Fsp3) is 0.0909. The standard InChI is InChI=1S/C22H19NO5/c1-25-21-14-16(8-13-20(21)28-22(24)26-2)15-23-17-9-11-19(12-10-17)27-18-6-4-3-5-7-18/h3-15H,1-2H3. The fourth-order valence-corrected chi connectivity index (χ4v) is 2.35. The molecule has 0 aromatic heterocycles. The first kappa shape index (κ1) is 19.0. The summed E-state index contributed by atoms with van der Waals surface area (Å²) >= 11 is 0. The topological polar surface area (TPSA) is 66.4 Å². The normalized spacial score (nSPS) is 10.5. The van der Waals surface area contributed by atoms with Gasteiger partial charge in [-0.25, -0.2) is 4.79 Å². The zero-order chi connectivity index (χ0) is 19.8. The number of rotatable bonds is 6. The van der Waals surface area contributed by atoms with Crippen LogP contribution in [0.15, 0.2) is 77.8 Å². The van der Waals surface area contributed by atoms with Gasteiger partial charge in [-0.2, -0.15) is 0 Å².